The van der Waals surface area contributed by atoms with Gasteiger partial charge in [-0.05, 0) is 86.9 Å². The molecule has 50 heavy (non-hydrogen) atoms. The van der Waals surface area contributed by atoms with Crippen LogP contribution in [0.5, 0.6) is 5.75 Å². The van der Waals surface area contributed by atoms with E-state index in [1.807, 2.05) is 94.6 Å². The Bertz CT molecular complexity index is 2250. The SMILES string of the molecule is COC(=O)c1ccc(C2C(C(=O)OCC(C)C)=C(C)N=c3sc(=Cc4cn(-c5ccccc5)nc4-c4ccc(OC(C)C)cc4)c(=O)n32)cc1. The number of rotatable bonds is 10. The zero-order valence-electron chi connectivity index (χ0n) is 28.7. The van der Waals surface area contributed by atoms with Crippen LogP contribution in [0.3, 0.4) is 0 Å². The Labute approximate surface area is 293 Å². The van der Waals surface area contributed by atoms with Crippen LogP contribution in [0.2, 0.25) is 0 Å². The molecule has 3 heterocycles. The summed E-state index contributed by atoms with van der Waals surface area (Å²) in [4.78, 5) is 45.4. The first-order valence-corrected chi connectivity index (χ1v) is 17.2. The fourth-order valence-corrected chi connectivity index (χ4v) is 6.71. The molecule has 3 aromatic carbocycles. The summed E-state index contributed by atoms with van der Waals surface area (Å²) in [5.74, 6) is -0.173. The molecule has 0 aliphatic carbocycles. The molecule has 256 valence electrons. The van der Waals surface area contributed by atoms with E-state index in [9.17, 15) is 14.4 Å². The minimum absolute atomic E-state index is 0.0376. The maximum atomic E-state index is 14.4. The normalized spacial score (nSPS) is 14.5. The van der Waals surface area contributed by atoms with Crippen LogP contribution in [0, 0.1) is 5.92 Å². The molecule has 2 aromatic heterocycles. The second kappa shape index (κ2) is 14.5. The van der Waals surface area contributed by atoms with Gasteiger partial charge in [-0.2, -0.15) is 5.10 Å². The number of carbonyl (C=O) groups is 2. The molecule has 0 radical (unpaired) electrons. The number of nitrogens with zero attached hydrogens (tertiary/aromatic N) is 4. The van der Waals surface area contributed by atoms with Gasteiger partial charge in [0.05, 0.1) is 52.9 Å². The van der Waals surface area contributed by atoms with Crippen LogP contribution in [0.4, 0.5) is 0 Å². The summed E-state index contributed by atoms with van der Waals surface area (Å²) >= 11 is 1.23. The number of hydrogen-bond acceptors (Lipinski definition) is 9. The van der Waals surface area contributed by atoms with Crippen LogP contribution in [0.15, 0.2) is 106 Å². The molecule has 0 amide bonds. The van der Waals surface area contributed by atoms with E-state index < -0.39 is 18.0 Å². The third kappa shape index (κ3) is 7.09. The molecule has 1 aliphatic heterocycles. The topological polar surface area (TPSA) is 114 Å². The lowest BCUT2D eigenvalue weighted by Crippen LogP contribution is -2.40. The molecular weight excluding hydrogens is 653 g/mol. The Kier molecular flexibility index (Phi) is 9.96. The lowest BCUT2D eigenvalue weighted by molar-refractivity contribution is -0.140. The van der Waals surface area contributed by atoms with Crippen molar-refractivity contribution in [1.29, 1.82) is 0 Å². The van der Waals surface area contributed by atoms with Gasteiger partial charge in [0.1, 0.15) is 11.4 Å². The first-order valence-electron chi connectivity index (χ1n) is 16.3. The average molecular weight is 691 g/mol. The van der Waals surface area contributed by atoms with Crippen molar-refractivity contribution in [3.05, 3.63) is 133 Å². The van der Waals surface area contributed by atoms with Crippen molar-refractivity contribution in [3.8, 4) is 22.7 Å². The van der Waals surface area contributed by atoms with Gasteiger partial charge < -0.3 is 14.2 Å². The van der Waals surface area contributed by atoms with Gasteiger partial charge in [-0.15, -0.1) is 0 Å². The molecule has 0 spiro atoms. The van der Waals surface area contributed by atoms with Gasteiger partial charge in [0.25, 0.3) is 5.56 Å². The second-order valence-electron chi connectivity index (χ2n) is 12.6. The van der Waals surface area contributed by atoms with Gasteiger partial charge in [-0.1, -0.05) is 55.5 Å². The molecule has 0 N–H and O–H groups in total. The number of aromatic nitrogens is 3. The first kappa shape index (κ1) is 34.3. The molecule has 1 aliphatic rings. The molecule has 0 saturated carbocycles. The van der Waals surface area contributed by atoms with E-state index in [4.69, 9.17) is 24.3 Å². The molecule has 0 saturated heterocycles. The van der Waals surface area contributed by atoms with Crippen molar-refractivity contribution in [2.75, 3.05) is 13.7 Å². The largest absolute Gasteiger partial charge is 0.491 e. The predicted molar refractivity (Wildman–Crippen MR) is 192 cm³/mol. The first-order chi connectivity index (χ1) is 24.0. The van der Waals surface area contributed by atoms with E-state index in [0.29, 0.717) is 31.9 Å². The number of para-hydroxylation sites is 1. The number of thiazole rings is 1. The highest BCUT2D eigenvalue weighted by molar-refractivity contribution is 7.07. The number of allylic oxidation sites excluding steroid dienone is 1. The number of esters is 2. The van der Waals surface area contributed by atoms with Gasteiger partial charge in [-0.3, -0.25) is 9.36 Å². The summed E-state index contributed by atoms with van der Waals surface area (Å²) in [5, 5.41) is 4.93. The van der Waals surface area contributed by atoms with Crippen LogP contribution in [-0.2, 0) is 14.3 Å². The van der Waals surface area contributed by atoms with E-state index in [2.05, 4.69) is 0 Å². The third-order valence-electron chi connectivity index (χ3n) is 7.99. The highest BCUT2D eigenvalue weighted by Crippen LogP contribution is 2.32. The molecule has 11 heteroatoms. The van der Waals surface area contributed by atoms with E-state index in [1.54, 1.807) is 35.9 Å². The number of methoxy groups -OCH3 is 1. The van der Waals surface area contributed by atoms with Crippen molar-refractivity contribution in [3.63, 3.8) is 0 Å². The lowest BCUT2D eigenvalue weighted by atomic mass is 9.95. The summed E-state index contributed by atoms with van der Waals surface area (Å²) in [6.45, 7) is 9.82. The number of carbonyl (C=O) groups excluding carboxylic acids is 2. The van der Waals surface area contributed by atoms with Crippen molar-refractivity contribution >= 4 is 29.4 Å². The molecule has 10 nitrogen and oxygen atoms in total. The Morgan fingerprint density at radius 1 is 0.940 bits per heavy atom. The monoisotopic (exact) mass is 690 g/mol. The molecule has 6 rings (SSSR count). The van der Waals surface area contributed by atoms with Crippen molar-refractivity contribution in [2.45, 2.75) is 46.8 Å². The quantitative estimate of drug-likeness (QED) is 0.169. The van der Waals surface area contributed by atoms with Gasteiger partial charge in [0.2, 0.25) is 0 Å². The number of fused-ring (bicyclic) bond motifs is 1. The minimum Gasteiger partial charge on any atom is -0.491 e. The van der Waals surface area contributed by atoms with Crippen molar-refractivity contribution < 1.29 is 23.8 Å². The smallest absolute Gasteiger partial charge is 0.338 e. The Morgan fingerprint density at radius 2 is 1.64 bits per heavy atom. The number of hydrogen-bond donors (Lipinski definition) is 0. The fourth-order valence-electron chi connectivity index (χ4n) is 5.67. The van der Waals surface area contributed by atoms with E-state index in [-0.39, 0.29) is 29.8 Å². The maximum Gasteiger partial charge on any atom is 0.338 e. The Hall–Kier alpha value is -5.55. The Morgan fingerprint density at radius 3 is 2.28 bits per heavy atom. The molecule has 1 unspecified atom stereocenters. The van der Waals surface area contributed by atoms with E-state index in [0.717, 1.165) is 22.6 Å². The van der Waals surface area contributed by atoms with Gasteiger partial charge >= 0.3 is 11.9 Å². The van der Waals surface area contributed by atoms with Gasteiger partial charge in [0.15, 0.2) is 4.80 Å². The van der Waals surface area contributed by atoms with Crippen LogP contribution in [-0.4, -0.2) is 46.1 Å². The van der Waals surface area contributed by atoms with Gasteiger partial charge in [-0.25, -0.2) is 19.3 Å². The summed E-state index contributed by atoms with van der Waals surface area (Å²) in [7, 11) is 1.31. The summed E-state index contributed by atoms with van der Waals surface area (Å²) in [5.41, 5.74) is 4.48. The van der Waals surface area contributed by atoms with Crippen LogP contribution in [0.1, 0.15) is 62.1 Å². The van der Waals surface area contributed by atoms with Crippen LogP contribution in [0.25, 0.3) is 23.0 Å². The zero-order chi connectivity index (χ0) is 35.5. The lowest BCUT2D eigenvalue weighted by Gasteiger charge is -2.25. The molecule has 0 bridgehead atoms. The summed E-state index contributed by atoms with van der Waals surface area (Å²) in [6, 6.07) is 23.3. The van der Waals surface area contributed by atoms with E-state index in [1.165, 1.54) is 23.0 Å². The van der Waals surface area contributed by atoms with E-state index >= 15 is 0 Å². The molecule has 1 atom stereocenters. The second-order valence-corrected chi connectivity index (χ2v) is 13.6. The summed E-state index contributed by atoms with van der Waals surface area (Å²) in [6.07, 6.45) is 3.75. The van der Waals surface area contributed by atoms with Gasteiger partial charge in [0, 0.05) is 17.3 Å². The molecule has 5 aromatic rings. The molecular formula is C39H38N4O6S. The van der Waals surface area contributed by atoms with Crippen molar-refractivity contribution in [1.82, 2.24) is 14.3 Å². The highest BCUT2D eigenvalue weighted by atomic mass is 32.1. The Balaban J connectivity index is 1.51. The predicted octanol–water partition coefficient (Wildman–Crippen LogP) is 5.86. The van der Waals surface area contributed by atoms with Crippen molar-refractivity contribution in [2.24, 2.45) is 10.9 Å². The van der Waals surface area contributed by atoms with Crippen LogP contribution >= 0.6 is 11.3 Å². The fraction of sp³-hybridized carbons (Fsp3) is 0.256. The highest BCUT2D eigenvalue weighted by Gasteiger charge is 2.34. The minimum atomic E-state index is -0.834. The summed E-state index contributed by atoms with van der Waals surface area (Å²) < 4.78 is 20.1. The number of ether oxygens (including phenoxy) is 3. The number of benzene rings is 3. The average Bonchev–Trinajstić information content (AvgIpc) is 3.67. The standard InChI is InChI=1S/C39H38N4O6S/c1-23(2)22-48-38(46)33-25(5)40-39-43(35(33)27-12-14-28(15-13-27)37(45)47-6)36(44)32(50-39)20-29-21-42(30-10-8-7-9-11-30)41-34(29)26-16-18-31(19-17-26)49-24(3)4/h7-21,23-24,35H,22H2,1-6H3. The van der Waals surface area contributed by atoms with Crippen LogP contribution < -0.4 is 19.6 Å². The zero-order valence-corrected chi connectivity index (χ0v) is 29.6. The maximum absolute atomic E-state index is 14.4. The third-order valence-corrected chi connectivity index (χ3v) is 8.97. The molecule has 0 fully saturated rings.